The summed E-state index contributed by atoms with van der Waals surface area (Å²) in [6, 6.07) is 7.98. The minimum atomic E-state index is -1.03. The first kappa shape index (κ1) is 13.8. The van der Waals surface area contributed by atoms with Crippen LogP contribution in [0.15, 0.2) is 24.3 Å². The highest BCUT2D eigenvalue weighted by Crippen LogP contribution is 2.31. The van der Waals surface area contributed by atoms with Gasteiger partial charge in [0, 0.05) is 24.5 Å². The van der Waals surface area contributed by atoms with E-state index in [0.29, 0.717) is 11.7 Å². The first-order chi connectivity index (χ1) is 10.1. The molecular formula is C15H18N4O2. The Balaban J connectivity index is 2.11. The molecule has 1 aromatic carbocycles. The number of aromatic carboxylic acids is 1. The topological polar surface area (TPSA) is 69.6 Å². The van der Waals surface area contributed by atoms with Crippen LogP contribution in [0.1, 0.15) is 16.9 Å². The van der Waals surface area contributed by atoms with Crippen LogP contribution in [0.2, 0.25) is 0 Å². The summed E-state index contributed by atoms with van der Waals surface area (Å²) in [6.07, 6.45) is 1.02. The van der Waals surface area contributed by atoms with Gasteiger partial charge < -0.3 is 14.9 Å². The first-order valence-electron chi connectivity index (χ1n) is 6.98. The molecule has 1 unspecified atom stereocenters. The van der Waals surface area contributed by atoms with Crippen LogP contribution in [0.5, 0.6) is 0 Å². The molecule has 1 atom stereocenters. The molecule has 0 spiro atoms. The summed E-state index contributed by atoms with van der Waals surface area (Å²) in [5, 5.41) is 18.2. The minimum absolute atomic E-state index is 0.0353. The second-order valence-electron chi connectivity index (χ2n) is 5.57. The van der Waals surface area contributed by atoms with Gasteiger partial charge in [-0.3, -0.25) is 0 Å². The minimum Gasteiger partial charge on any atom is -0.476 e. The van der Waals surface area contributed by atoms with E-state index in [2.05, 4.69) is 34.1 Å². The number of anilines is 1. The molecule has 21 heavy (non-hydrogen) atoms. The third kappa shape index (κ3) is 2.42. The molecule has 1 aliphatic heterocycles. The fourth-order valence-corrected chi connectivity index (χ4v) is 2.87. The van der Waals surface area contributed by atoms with Crippen LogP contribution >= 0.6 is 0 Å². The average molecular weight is 286 g/mol. The van der Waals surface area contributed by atoms with Crippen LogP contribution < -0.4 is 4.90 Å². The molecule has 1 N–H and O–H groups in total. The van der Waals surface area contributed by atoms with Crippen LogP contribution in [0.4, 0.5) is 5.69 Å². The van der Waals surface area contributed by atoms with Crippen molar-refractivity contribution in [2.75, 3.05) is 32.1 Å². The number of aromatic nitrogens is 2. The van der Waals surface area contributed by atoms with Crippen LogP contribution in [-0.4, -0.2) is 59.4 Å². The van der Waals surface area contributed by atoms with E-state index in [1.165, 1.54) is 0 Å². The number of carbonyl (C=O) groups is 1. The Hall–Kier alpha value is -2.21. The number of nitrogens with zero attached hydrogens (tertiary/aromatic N) is 4. The Bertz CT molecular complexity index is 686. The van der Waals surface area contributed by atoms with Crippen molar-refractivity contribution < 1.29 is 9.90 Å². The SMILES string of the molecule is CN(C)C1CCN(c2c(C(=O)O)nnc3ccccc23)C1. The molecule has 0 aliphatic carbocycles. The van der Waals surface area contributed by atoms with Gasteiger partial charge in [-0.15, -0.1) is 10.2 Å². The van der Waals surface area contributed by atoms with Crippen LogP contribution in [0, 0.1) is 0 Å². The Morgan fingerprint density at radius 1 is 1.33 bits per heavy atom. The van der Waals surface area contributed by atoms with Crippen LogP contribution in [0.25, 0.3) is 10.9 Å². The summed E-state index contributed by atoms with van der Waals surface area (Å²) in [5.74, 6) is -1.03. The smallest absolute Gasteiger partial charge is 0.358 e. The second-order valence-corrected chi connectivity index (χ2v) is 5.57. The average Bonchev–Trinajstić information content (AvgIpc) is 2.95. The van der Waals surface area contributed by atoms with Gasteiger partial charge in [0.25, 0.3) is 0 Å². The fraction of sp³-hybridized carbons (Fsp3) is 0.400. The van der Waals surface area contributed by atoms with Crippen molar-refractivity contribution in [3.63, 3.8) is 0 Å². The molecule has 110 valence electrons. The number of rotatable bonds is 3. The van der Waals surface area contributed by atoms with Gasteiger partial charge in [0.2, 0.25) is 0 Å². The van der Waals surface area contributed by atoms with E-state index in [-0.39, 0.29) is 5.69 Å². The molecule has 0 amide bonds. The highest BCUT2D eigenvalue weighted by Gasteiger charge is 2.29. The summed E-state index contributed by atoms with van der Waals surface area (Å²) in [7, 11) is 4.10. The summed E-state index contributed by atoms with van der Waals surface area (Å²) >= 11 is 0. The van der Waals surface area contributed by atoms with Gasteiger partial charge in [0.15, 0.2) is 5.69 Å². The molecule has 2 heterocycles. The fourth-order valence-electron chi connectivity index (χ4n) is 2.87. The lowest BCUT2D eigenvalue weighted by atomic mass is 10.1. The van der Waals surface area contributed by atoms with E-state index in [9.17, 15) is 9.90 Å². The molecule has 1 aliphatic rings. The van der Waals surface area contributed by atoms with Gasteiger partial charge >= 0.3 is 5.97 Å². The predicted octanol–water partition coefficient (Wildman–Crippen LogP) is 1.47. The monoisotopic (exact) mass is 286 g/mol. The molecular weight excluding hydrogens is 268 g/mol. The van der Waals surface area contributed by atoms with Crippen LogP contribution in [0.3, 0.4) is 0 Å². The van der Waals surface area contributed by atoms with E-state index in [1.807, 2.05) is 24.3 Å². The molecule has 0 saturated carbocycles. The molecule has 3 rings (SSSR count). The molecule has 0 radical (unpaired) electrons. The molecule has 2 aromatic rings. The predicted molar refractivity (Wildman–Crippen MR) is 80.8 cm³/mol. The van der Waals surface area contributed by atoms with Crippen molar-refractivity contribution in [2.45, 2.75) is 12.5 Å². The number of likely N-dealkylation sites (N-methyl/N-ethyl adjacent to an activating group) is 1. The molecule has 0 bridgehead atoms. The van der Waals surface area contributed by atoms with Crippen molar-refractivity contribution in [3.8, 4) is 0 Å². The third-order valence-electron chi connectivity index (χ3n) is 4.05. The standard InChI is InChI=1S/C15H18N4O2/c1-18(2)10-7-8-19(9-10)14-11-5-3-4-6-12(11)16-17-13(14)15(20)21/h3-6,10H,7-9H2,1-2H3,(H,20,21). The lowest BCUT2D eigenvalue weighted by molar-refractivity contribution is 0.0690. The zero-order chi connectivity index (χ0) is 15.0. The van der Waals surface area contributed by atoms with E-state index >= 15 is 0 Å². The number of carboxylic acid groups (broad SMARTS) is 1. The number of benzene rings is 1. The van der Waals surface area contributed by atoms with Gasteiger partial charge in [-0.25, -0.2) is 4.79 Å². The zero-order valence-electron chi connectivity index (χ0n) is 12.2. The number of hydrogen-bond acceptors (Lipinski definition) is 5. The maximum atomic E-state index is 11.5. The highest BCUT2D eigenvalue weighted by atomic mass is 16.4. The summed E-state index contributed by atoms with van der Waals surface area (Å²) in [4.78, 5) is 15.8. The molecule has 6 nitrogen and oxygen atoms in total. The second kappa shape index (κ2) is 5.29. The van der Waals surface area contributed by atoms with Gasteiger partial charge in [0.1, 0.15) is 0 Å². The van der Waals surface area contributed by atoms with E-state index in [1.54, 1.807) is 0 Å². The zero-order valence-corrected chi connectivity index (χ0v) is 12.2. The van der Waals surface area contributed by atoms with Crippen molar-refractivity contribution >= 4 is 22.6 Å². The van der Waals surface area contributed by atoms with E-state index < -0.39 is 5.97 Å². The number of hydrogen-bond donors (Lipinski definition) is 1. The van der Waals surface area contributed by atoms with Gasteiger partial charge in [-0.1, -0.05) is 18.2 Å². The van der Waals surface area contributed by atoms with Crippen molar-refractivity contribution in [2.24, 2.45) is 0 Å². The first-order valence-corrected chi connectivity index (χ1v) is 6.98. The molecule has 1 fully saturated rings. The Morgan fingerprint density at radius 2 is 2.10 bits per heavy atom. The Morgan fingerprint density at radius 3 is 2.76 bits per heavy atom. The van der Waals surface area contributed by atoms with Gasteiger partial charge in [-0.2, -0.15) is 0 Å². The van der Waals surface area contributed by atoms with E-state index in [0.717, 1.165) is 30.4 Å². The summed E-state index contributed by atoms with van der Waals surface area (Å²) in [6.45, 7) is 1.64. The lowest BCUT2D eigenvalue weighted by Gasteiger charge is -2.23. The summed E-state index contributed by atoms with van der Waals surface area (Å²) in [5.41, 5.74) is 1.45. The quantitative estimate of drug-likeness (QED) is 0.921. The largest absolute Gasteiger partial charge is 0.476 e. The normalized spacial score (nSPS) is 18.6. The lowest BCUT2D eigenvalue weighted by Crippen LogP contribution is -2.32. The summed E-state index contributed by atoms with van der Waals surface area (Å²) < 4.78 is 0. The Kier molecular flexibility index (Phi) is 3.47. The highest BCUT2D eigenvalue weighted by molar-refractivity contribution is 6.02. The van der Waals surface area contributed by atoms with Crippen molar-refractivity contribution in [1.29, 1.82) is 0 Å². The van der Waals surface area contributed by atoms with Crippen molar-refractivity contribution in [1.82, 2.24) is 15.1 Å². The Labute approximate surface area is 123 Å². The maximum Gasteiger partial charge on any atom is 0.358 e. The van der Waals surface area contributed by atoms with Gasteiger partial charge in [0.05, 0.1) is 11.2 Å². The molecule has 1 aromatic heterocycles. The van der Waals surface area contributed by atoms with Gasteiger partial charge in [-0.05, 0) is 26.6 Å². The molecule has 1 saturated heterocycles. The molecule has 6 heteroatoms. The number of carboxylic acids is 1. The van der Waals surface area contributed by atoms with E-state index in [4.69, 9.17) is 0 Å². The van der Waals surface area contributed by atoms with Crippen molar-refractivity contribution in [3.05, 3.63) is 30.0 Å². The van der Waals surface area contributed by atoms with Crippen LogP contribution in [-0.2, 0) is 0 Å². The maximum absolute atomic E-state index is 11.5. The number of fused-ring (bicyclic) bond motifs is 1. The third-order valence-corrected chi connectivity index (χ3v) is 4.05.